The Morgan fingerprint density at radius 3 is 2.35 bits per heavy atom. The average Bonchev–Trinajstić information content (AvgIpc) is 2.99. The van der Waals surface area contributed by atoms with Crippen molar-refractivity contribution in [2.24, 2.45) is 16.3 Å². The number of amides is 1. The summed E-state index contributed by atoms with van der Waals surface area (Å²) in [5, 5.41) is 15.1. The van der Waals surface area contributed by atoms with E-state index in [1.165, 1.54) is 0 Å². The van der Waals surface area contributed by atoms with Crippen molar-refractivity contribution in [2.75, 3.05) is 12.8 Å². The summed E-state index contributed by atoms with van der Waals surface area (Å²) >= 11 is 1.79. The van der Waals surface area contributed by atoms with E-state index in [0.29, 0.717) is 19.4 Å². The zero-order valence-corrected chi connectivity index (χ0v) is 13.6. The Hall–Kier alpha value is -0.910. The molecule has 116 valence electrons. The smallest absolute Gasteiger partial charge is 0.234 e. The van der Waals surface area contributed by atoms with E-state index in [4.69, 9.17) is 10.9 Å². The first-order chi connectivity index (χ1) is 9.50. The topological polar surface area (TPSA) is 87.7 Å². The fraction of sp³-hybridized carbons (Fsp3) is 0.857. The molecule has 0 bridgehead atoms. The molecular weight excluding hydrogens is 274 g/mol. The number of hydrogen-bond donors (Lipinski definition) is 3. The van der Waals surface area contributed by atoms with Crippen LogP contribution in [-0.2, 0) is 4.79 Å². The van der Waals surface area contributed by atoms with Gasteiger partial charge in [-0.15, -0.1) is 0 Å². The maximum atomic E-state index is 12.6. The van der Waals surface area contributed by atoms with Crippen molar-refractivity contribution in [1.29, 1.82) is 0 Å². The summed E-state index contributed by atoms with van der Waals surface area (Å²) in [4.78, 5) is 12.6. The van der Waals surface area contributed by atoms with Crippen LogP contribution in [0.15, 0.2) is 5.16 Å². The first kappa shape index (κ1) is 17.1. The largest absolute Gasteiger partial charge is 0.409 e. The van der Waals surface area contributed by atoms with E-state index in [2.05, 4.69) is 30.6 Å². The lowest BCUT2D eigenvalue weighted by Crippen LogP contribution is -2.51. The molecule has 0 aliphatic heterocycles. The molecule has 0 unspecified atom stereocenters. The summed E-state index contributed by atoms with van der Waals surface area (Å²) in [5.41, 5.74) is 4.98. The van der Waals surface area contributed by atoms with Crippen LogP contribution < -0.4 is 11.1 Å². The summed E-state index contributed by atoms with van der Waals surface area (Å²) in [5.74, 6) is -0.0409. The van der Waals surface area contributed by atoms with Crippen LogP contribution in [0, 0.1) is 5.41 Å². The molecule has 0 heterocycles. The molecule has 6 heteroatoms. The van der Waals surface area contributed by atoms with Crippen LogP contribution >= 0.6 is 11.8 Å². The molecular formula is C14H27N3O2S. The molecule has 1 amide bonds. The molecule has 20 heavy (non-hydrogen) atoms. The number of nitrogens with one attached hydrogen (secondary N) is 1. The molecule has 0 radical (unpaired) electrons. The third kappa shape index (κ3) is 3.22. The van der Waals surface area contributed by atoms with E-state index in [-0.39, 0.29) is 16.5 Å². The Bertz CT molecular complexity index is 353. The van der Waals surface area contributed by atoms with E-state index in [1.54, 1.807) is 11.8 Å². The van der Waals surface area contributed by atoms with Crippen molar-refractivity contribution in [3.05, 3.63) is 0 Å². The highest BCUT2D eigenvalue weighted by atomic mass is 32.2. The minimum Gasteiger partial charge on any atom is -0.409 e. The average molecular weight is 301 g/mol. The van der Waals surface area contributed by atoms with Crippen molar-refractivity contribution < 1.29 is 10.0 Å². The lowest BCUT2D eigenvalue weighted by atomic mass is 9.83. The summed E-state index contributed by atoms with van der Waals surface area (Å²) in [6.45, 7) is 4.91. The van der Waals surface area contributed by atoms with Crippen LogP contribution in [0.4, 0.5) is 0 Å². The van der Waals surface area contributed by atoms with Crippen molar-refractivity contribution in [3.63, 3.8) is 0 Å². The highest BCUT2D eigenvalue weighted by Gasteiger charge is 2.45. The van der Waals surface area contributed by atoms with Gasteiger partial charge in [-0.2, -0.15) is 11.8 Å². The van der Waals surface area contributed by atoms with Crippen molar-refractivity contribution in [2.45, 2.75) is 57.1 Å². The van der Waals surface area contributed by atoms with E-state index >= 15 is 0 Å². The Kier molecular flexibility index (Phi) is 6.17. The molecule has 0 aromatic heterocycles. The monoisotopic (exact) mass is 301 g/mol. The minimum absolute atomic E-state index is 0.0512. The van der Waals surface area contributed by atoms with Crippen LogP contribution in [0.1, 0.15) is 52.4 Å². The van der Waals surface area contributed by atoms with Gasteiger partial charge in [0.05, 0.1) is 0 Å². The summed E-state index contributed by atoms with van der Waals surface area (Å²) in [7, 11) is 0. The molecule has 0 aromatic carbocycles. The quantitative estimate of drug-likeness (QED) is 0.291. The number of amidine groups is 1. The van der Waals surface area contributed by atoms with Crippen LogP contribution in [0.3, 0.4) is 0 Å². The molecule has 0 aromatic rings. The van der Waals surface area contributed by atoms with E-state index < -0.39 is 5.41 Å². The number of carbonyl (C=O) groups excluding carboxylic acids is 1. The van der Waals surface area contributed by atoms with E-state index in [9.17, 15) is 4.79 Å². The number of hydrogen-bond acceptors (Lipinski definition) is 4. The molecule has 0 atom stereocenters. The molecule has 1 fully saturated rings. The minimum atomic E-state index is -0.805. The molecule has 1 aliphatic rings. The number of nitrogens with two attached hydrogens (primary N) is 1. The lowest BCUT2D eigenvalue weighted by molar-refractivity contribution is -0.127. The highest BCUT2D eigenvalue weighted by molar-refractivity contribution is 8.00. The molecule has 1 rings (SSSR count). The van der Waals surface area contributed by atoms with E-state index in [0.717, 1.165) is 25.7 Å². The number of oxime groups is 1. The number of carbonyl (C=O) groups is 1. The fourth-order valence-corrected chi connectivity index (χ4v) is 3.74. The van der Waals surface area contributed by atoms with Gasteiger partial charge in [-0.25, -0.2) is 0 Å². The summed E-state index contributed by atoms with van der Waals surface area (Å²) < 4.78 is 0.0700. The van der Waals surface area contributed by atoms with Gasteiger partial charge < -0.3 is 16.3 Å². The van der Waals surface area contributed by atoms with Crippen molar-refractivity contribution in [3.8, 4) is 0 Å². The second-order valence-corrected chi connectivity index (χ2v) is 6.83. The fourth-order valence-electron chi connectivity index (χ4n) is 2.95. The van der Waals surface area contributed by atoms with Gasteiger partial charge in [-0.1, -0.05) is 31.8 Å². The normalized spacial score (nSPS) is 19.1. The first-order valence-electron chi connectivity index (χ1n) is 7.31. The van der Waals surface area contributed by atoms with Crippen LogP contribution in [0.25, 0.3) is 0 Å². The van der Waals surface area contributed by atoms with E-state index in [1.807, 2.05) is 0 Å². The highest BCUT2D eigenvalue weighted by Crippen LogP contribution is 2.39. The van der Waals surface area contributed by atoms with Gasteiger partial charge in [-0.05, 0) is 31.9 Å². The predicted molar refractivity (Wildman–Crippen MR) is 84.1 cm³/mol. The van der Waals surface area contributed by atoms with Gasteiger partial charge in [0, 0.05) is 11.3 Å². The maximum absolute atomic E-state index is 12.6. The molecule has 1 saturated carbocycles. The molecule has 5 nitrogen and oxygen atoms in total. The standard InChI is InChI=1S/C14H27N3O2S/c1-4-13(5-2,20-3)10-16-12(18)14(11(15)17-19)8-6-7-9-14/h19H,4-10H2,1-3H3,(H2,15,17)(H,16,18). The Morgan fingerprint density at radius 2 is 1.95 bits per heavy atom. The maximum Gasteiger partial charge on any atom is 0.234 e. The van der Waals surface area contributed by atoms with Gasteiger partial charge in [-0.3, -0.25) is 4.79 Å². The van der Waals surface area contributed by atoms with Crippen LogP contribution in [0.2, 0.25) is 0 Å². The van der Waals surface area contributed by atoms with Crippen LogP contribution in [-0.4, -0.2) is 34.5 Å². The van der Waals surface area contributed by atoms with Gasteiger partial charge >= 0.3 is 0 Å². The number of rotatable bonds is 7. The van der Waals surface area contributed by atoms with Crippen molar-refractivity contribution >= 4 is 23.5 Å². The van der Waals surface area contributed by atoms with Crippen molar-refractivity contribution in [1.82, 2.24) is 5.32 Å². The molecule has 0 spiro atoms. The number of thioether (sulfide) groups is 1. The molecule has 1 aliphatic carbocycles. The Morgan fingerprint density at radius 1 is 1.40 bits per heavy atom. The lowest BCUT2D eigenvalue weighted by Gasteiger charge is -2.33. The van der Waals surface area contributed by atoms with Gasteiger partial charge in [0.25, 0.3) is 0 Å². The van der Waals surface area contributed by atoms with Gasteiger partial charge in [0.1, 0.15) is 5.41 Å². The number of nitrogens with zero attached hydrogens (tertiary/aromatic N) is 1. The van der Waals surface area contributed by atoms with Gasteiger partial charge in [0.2, 0.25) is 5.91 Å². The third-order valence-corrected chi connectivity index (χ3v) is 6.37. The second-order valence-electron chi connectivity index (χ2n) is 5.55. The first-order valence-corrected chi connectivity index (χ1v) is 8.54. The zero-order chi connectivity index (χ0) is 15.2. The Balaban J connectivity index is 2.78. The molecule has 0 saturated heterocycles. The second kappa shape index (κ2) is 7.20. The predicted octanol–water partition coefficient (Wildman–Crippen LogP) is 2.33. The van der Waals surface area contributed by atoms with Gasteiger partial charge in [0.15, 0.2) is 5.84 Å². The summed E-state index contributed by atoms with van der Waals surface area (Å²) in [6.07, 6.45) is 7.30. The molecule has 4 N–H and O–H groups in total. The SMILES string of the molecule is CCC(CC)(CNC(=O)C1(C(N)=NO)CCCC1)SC. The summed E-state index contributed by atoms with van der Waals surface area (Å²) in [6, 6.07) is 0. The van der Waals surface area contributed by atoms with Crippen LogP contribution in [0.5, 0.6) is 0 Å². The Labute approximate surface area is 125 Å². The third-order valence-electron chi connectivity index (χ3n) is 4.78. The zero-order valence-electron chi connectivity index (χ0n) is 12.7.